The number of fused-ring (bicyclic) bond motifs is 2. The standard InChI is InChI=1S/C13H24O4S/c1-17-8-3-2-7-13(14)9-11-5-4-6-12(10-13)18(11,15)16/h11-12,14H,2-10H2,1H3. The highest BCUT2D eigenvalue weighted by atomic mass is 32.2. The molecule has 106 valence electrons. The molecule has 0 aromatic rings. The Hall–Kier alpha value is -0.130. The van der Waals surface area contributed by atoms with Gasteiger partial charge in [-0.05, 0) is 44.9 Å². The number of methoxy groups -OCH3 is 1. The molecule has 2 heterocycles. The zero-order valence-electron chi connectivity index (χ0n) is 11.1. The molecule has 2 rings (SSSR count). The van der Waals surface area contributed by atoms with E-state index >= 15 is 0 Å². The van der Waals surface area contributed by atoms with Crippen LogP contribution in [0.3, 0.4) is 0 Å². The van der Waals surface area contributed by atoms with Gasteiger partial charge in [0.25, 0.3) is 0 Å². The minimum absolute atomic E-state index is 0.294. The van der Waals surface area contributed by atoms with E-state index in [0.29, 0.717) is 25.9 Å². The van der Waals surface area contributed by atoms with Crippen LogP contribution in [0.25, 0.3) is 0 Å². The van der Waals surface area contributed by atoms with Crippen molar-refractivity contribution in [3.05, 3.63) is 0 Å². The van der Waals surface area contributed by atoms with Crippen molar-refractivity contribution in [2.75, 3.05) is 13.7 Å². The maximum atomic E-state index is 12.1. The molecule has 5 heteroatoms. The van der Waals surface area contributed by atoms with E-state index < -0.39 is 15.4 Å². The van der Waals surface area contributed by atoms with Crippen LogP contribution in [-0.4, -0.2) is 43.3 Å². The van der Waals surface area contributed by atoms with E-state index in [0.717, 1.165) is 32.1 Å². The molecule has 2 atom stereocenters. The number of unbranched alkanes of at least 4 members (excludes halogenated alkanes) is 1. The van der Waals surface area contributed by atoms with Gasteiger partial charge in [-0.3, -0.25) is 0 Å². The highest BCUT2D eigenvalue weighted by molar-refractivity contribution is 7.92. The first-order chi connectivity index (χ1) is 8.48. The summed E-state index contributed by atoms with van der Waals surface area (Å²) in [6.45, 7) is 0.710. The van der Waals surface area contributed by atoms with Crippen LogP contribution < -0.4 is 0 Å². The summed E-state index contributed by atoms with van der Waals surface area (Å²) in [7, 11) is -1.28. The molecule has 2 aliphatic heterocycles. The first-order valence-corrected chi connectivity index (χ1v) is 8.53. The lowest BCUT2D eigenvalue weighted by Gasteiger charge is -2.44. The Labute approximate surface area is 110 Å². The molecule has 0 amide bonds. The molecule has 0 radical (unpaired) electrons. The van der Waals surface area contributed by atoms with Crippen molar-refractivity contribution < 1.29 is 18.3 Å². The zero-order chi connectivity index (χ0) is 13.2. The van der Waals surface area contributed by atoms with Gasteiger partial charge in [-0.15, -0.1) is 0 Å². The Bertz CT molecular complexity index is 356. The number of aliphatic hydroxyl groups is 1. The average molecular weight is 276 g/mol. The van der Waals surface area contributed by atoms with Gasteiger partial charge >= 0.3 is 0 Å². The van der Waals surface area contributed by atoms with Gasteiger partial charge in [0, 0.05) is 13.7 Å². The topological polar surface area (TPSA) is 63.6 Å². The van der Waals surface area contributed by atoms with Crippen molar-refractivity contribution in [3.8, 4) is 0 Å². The lowest BCUT2D eigenvalue weighted by molar-refractivity contribution is -0.00167. The maximum absolute atomic E-state index is 12.1. The van der Waals surface area contributed by atoms with Gasteiger partial charge in [0.2, 0.25) is 0 Å². The molecule has 0 aromatic carbocycles. The van der Waals surface area contributed by atoms with Crippen molar-refractivity contribution in [1.29, 1.82) is 0 Å². The molecule has 4 nitrogen and oxygen atoms in total. The summed E-state index contributed by atoms with van der Waals surface area (Å²) in [5.74, 6) is 0. The molecule has 2 unspecified atom stereocenters. The van der Waals surface area contributed by atoms with E-state index in [1.807, 2.05) is 0 Å². The average Bonchev–Trinajstić information content (AvgIpc) is 2.27. The molecule has 18 heavy (non-hydrogen) atoms. The van der Waals surface area contributed by atoms with Gasteiger partial charge in [-0.1, -0.05) is 6.42 Å². The van der Waals surface area contributed by atoms with Crippen LogP contribution in [0, 0.1) is 0 Å². The predicted octanol–water partition coefficient (Wildman–Crippen LogP) is 1.66. The van der Waals surface area contributed by atoms with Crippen LogP contribution in [0.2, 0.25) is 0 Å². The Morgan fingerprint density at radius 1 is 1.22 bits per heavy atom. The van der Waals surface area contributed by atoms with Crippen molar-refractivity contribution >= 4 is 9.84 Å². The molecule has 0 aromatic heterocycles. The smallest absolute Gasteiger partial charge is 0.156 e. The summed E-state index contributed by atoms with van der Waals surface area (Å²) in [4.78, 5) is 0. The molecule has 2 fully saturated rings. The highest BCUT2D eigenvalue weighted by Gasteiger charge is 2.49. The molecular weight excluding hydrogens is 252 g/mol. The Balaban J connectivity index is 1.96. The Kier molecular flexibility index (Phi) is 4.34. The second-order valence-electron chi connectivity index (χ2n) is 5.85. The van der Waals surface area contributed by atoms with Gasteiger partial charge < -0.3 is 9.84 Å². The summed E-state index contributed by atoms with van der Waals surface area (Å²) in [5.41, 5.74) is -0.755. The monoisotopic (exact) mass is 276 g/mol. The molecule has 1 N–H and O–H groups in total. The number of hydrogen-bond donors (Lipinski definition) is 1. The largest absolute Gasteiger partial charge is 0.390 e. The third-order valence-electron chi connectivity index (χ3n) is 4.44. The fourth-order valence-corrected chi connectivity index (χ4v) is 6.07. The summed E-state index contributed by atoms with van der Waals surface area (Å²) in [5, 5.41) is 10.0. The van der Waals surface area contributed by atoms with Crippen LogP contribution in [0.4, 0.5) is 0 Å². The van der Waals surface area contributed by atoms with Crippen molar-refractivity contribution in [2.24, 2.45) is 0 Å². The SMILES string of the molecule is COCCCCC1(O)CC2CCCC(C1)S2(=O)=O. The number of rotatable bonds is 5. The summed E-state index contributed by atoms with van der Waals surface area (Å²) < 4.78 is 29.3. The van der Waals surface area contributed by atoms with Gasteiger partial charge in [0.05, 0.1) is 16.1 Å². The lowest BCUT2D eigenvalue weighted by atomic mass is 9.82. The minimum atomic E-state index is -2.96. The molecule has 2 bridgehead atoms. The summed E-state index contributed by atoms with van der Waals surface area (Å²) in [6, 6.07) is 0. The van der Waals surface area contributed by atoms with E-state index in [9.17, 15) is 13.5 Å². The van der Waals surface area contributed by atoms with E-state index in [1.54, 1.807) is 7.11 Å². The maximum Gasteiger partial charge on any atom is 0.156 e. The van der Waals surface area contributed by atoms with Crippen LogP contribution in [0.15, 0.2) is 0 Å². The van der Waals surface area contributed by atoms with Crippen molar-refractivity contribution in [2.45, 2.75) is 67.5 Å². The fourth-order valence-electron chi connectivity index (χ4n) is 3.45. The van der Waals surface area contributed by atoms with Crippen molar-refractivity contribution in [3.63, 3.8) is 0 Å². The zero-order valence-corrected chi connectivity index (χ0v) is 11.9. The summed E-state index contributed by atoms with van der Waals surface area (Å²) in [6.07, 6.45) is 5.90. The van der Waals surface area contributed by atoms with Gasteiger partial charge in [-0.25, -0.2) is 8.42 Å². The quantitative estimate of drug-likeness (QED) is 0.776. The number of sulfone groups is 1. The first kappa shape index (κ1) is 14.3. The molecule has 2 saturated heterocycles. The van der Waals surface area contributed by atoms with E-state index in [4.69, 9.17) is 4.74 Å². The van der Waals surface area contributed by atoms with Crippen LogP contribution in [0.5, 0.6) is 0 Å². The Morgan fingerprint density at radius 2 is 1.83 bits per heavy atom. The predicted molar refractivity (Wildman–Crippen MR) is 70.3 cm³/mol. The molecule has 0 saturated carbocycles. The van der Waals surface area contributed by atoms with E-state index in [2.05, 4.69) is 0 Å². The fraction of sp³-hybridized carbons (Fsp3) is 1.00. The first-order valence-electron chi connectivity index (χ1n) is 6.92. The van der Waals surface area contributed by atoms with Crippen molar-refractivity contribution in [1.82, 2.24) is 0 Å². The van der Waals surface area contributed by atoms with Crippen LogP contribution in [-0.2, 0) is 14.6 Å². The molecular formula is C13H24O4S. The normalized spacial score (nSPS) is 38.6. The van der Waals surface area contributed by atoms with Gasteiger partial charge in [-0.2, -0.15) is 0 Å². The highest BCUT2D eigenvalue weighted by Crippen LogP contribution is 2.43. The third kappa shape index (κ3) is 2.89. The number of ether oxygens (including phenoxy) is 1. The summed E-state index contributed by atoms with van der Waals surface area (Å²) >= 11 is 0. The molecule has 2 aliphatic rings. The van der Waals surface area contributed by atoms with Gasteiger partial charge in [0.1, 0.15) is 0 Å². The van der Waals surface area contributed by atoms with Crippen LogP contribution in [0.1, 0.15) is 51.4 Å². The second-order valence-corrected chi connectivity index (χ2v) is 8.36. The second kappa shape index (κ2) is 5.47. The van der Waals surface area contributed by atoms with Crippen LogP contribution >= 0.6 is 0 Å². The molecule has 0 aliphatic carbocycles. The van der Waals surface area contributed by atoms with E-state index in [1.165, 1.54) is 0 Å². The Morgan fingerprint density at radius 3 is 2.39 bits per heavy atom. The molecule has 0 spiro atoms. The number of hydrogen-bond acceptors (Lipinski definition) is 4. The minimum Gasteiger partial charge on any atom is -0.390 e. The van der Waals surface area contributed by atoms with Gasteiger partial charge in [0.15, 0.2) is 9.84 Å². The third-order valence-corrected chi connectivity index (χ3v) is 7.10. The lowest BCUT2D eigenvalue weighted by Crippen LogP contribution is -2.51. The van der Waals surface area contributed by atoms with E-state index in [-0.39, 0.29) is 10.5 Å².